The van der Waals surface area contributed by atoms with E-state index in [4.69, 9.17) is 16.3 Å². The highest BCUT2D eigenvalue weighted by Gasteiger charge is 2.07. The van der Waals surface area contributed by atoms with E-state index < -0.39 is 5.82 Å². The van der Waals surface area contributed by atoms with Gasteiger partial charge in [0.1, 0.15) is 0 Å². The standard InChI is InChI=1S/C9H7ClFN3OS/c1-15-7-3-2-5(4-6(7)11)12-9-8(10)13-16-14-9/h2-4H,1H3,(H,12,14). The number of anilines is 2. The van der Waals surface area contributed by atoms with Gasteiger partial charge in [0.15, 0.2) is 22.5 Å². The van der Waals surface area contributed by atoms with E-state index >= 15 is 0 Å². The fourth-order valence-corrected chi connectivity index (χ4v) is 1.78. The summed E-state index contributed by atoms with van der Waals surface area (Å²) in [5.74, 6) is 0.149. The molecule has 0 amide bonds. The molecule has 0 radical (unpaired) electrons. The van der Waals surface area contributed by atoms with E-state index in [0.29, 0.717) is 11.5 Å². The molecule has 1 N–H and O–H groups in total. The summed E-state index contributed by atoms with van der Waals surface area (Å²) in [7, 11) is 1.41. The number of nitrogens with zero attached hydrogens (tertiary/aromatic N) is 2. The summed E-state index contributed by atoms with van der Waals surface area (Å²) < 4.78 is 25.9. The second kappa shape index (κ2) is 4.63. The zero-order valence-corrected chi connectivity index (χ0v) is 9.77. The molecule has 7 heteroatoms. The Morgan fingerprint density at radius 2 is 2.25 bits per heavy atom. The van der Waals surface area contributed by atoms with Crippen LogP contribution < -0.4 is 10.1 Å². The highest BCUT2D eigenvalue weighted by molar-refractivity contribution is 6.99. The summed E-state index contributed by atoms with van der Waals surface area (Å²) in [6.07, 6.45) is 0. The van der Waals surface area contributed by atoms with Gasteiger partial charge in [-0.25, -0.2) is 4.39 Å². The Morgan fingerprint density at radius 3 is 2.81 bits per heavy atom. The molecule has 0 fully saturated rings. The number of hydrogen-bond acceptors (Lipinski definition) is 5. The van der Waals surface area contributed by atoms with E-state index in [1.807, 2.05) is 0 Å². The van der Waals surface area contributed by atoms with Crippen LogP contribution >= 0.6 is 23.3 Å². The molecule has 84 valence electrons. The fourth-order valence-electron chi connectivity index (χ4n) is 1.13. The van der Waals surface area contributed by atoms with Gasteiger partial charge in [-0.3, -0.25) is 0 Å². The van der Waals surface area contributed by atoms with Crippen LogP contribution in [0.4, 0.5) is 15.9 Å². The number of halogens is 2. The molecular formula is C9H7ClFN3OS. The van der Waals surface area contributed by atoms with E-state index in [2.05, 4.69) is 14.1 Å². The van der Waals surface area contributed by atoms with Crippen molar-refractivity contribution >= 4 is 34.8 Å². The Bertz CT molecular complexity index is 505. The van der Waals surface area contributed by atoms with Crippen molar-refractivity contribution in [3.8, 4) is 5.75 Å². The van der Waals surface area contributed by atoms with Crippen molar-refractivity contribution in [1.29, 1.82) is 0 Å². The number of methoxy groups -OCH3 is 1. The summed E-state index contributed by atoms with van der Waals surface area (Å²) in [5.41, 5.74) is 0.535. The summed E-state index contributed by atoms with van der Waals surface area (Å²) in [6.45, 7) is 0. The normalized spacial score (nSPS) is 10.2. The topological polar surface area (TPSA) is 47.0 Å². The van der Waals surface area contributed by atoms with Crippen LogP contribution in [0.5, 0.6) is 5.75 Å². The number of rotatable bonds is 3. The Kier molecular flexibility index (Phi) is 3.21. The molecule has 16 heavy (non-hydrogen) atoms. The van der Waals surface area contributed by atoms with Crippen LogP contribution in [-0.4, -0.2) is 15.9 Å². The molecule has 1 heterocycles. The predicted molar refractivity (Wildman–Crippen MR) is 61.2 cm³/mol. The summed E-state index contributed by atoms with van der Waals surface area (Å²) in [5, 5.41) is 3.12. The van der Waals surface area contributed by atoms with Crippen molar-refractivity contribution in [2.75, 3.05) is 12.4 Å². The molecule has 1 aromatic carbocycles. The van der Waals surface area contributed by atoms with Gasteiger partial charge in [0.25, 0.3) is 0 Å². The Hall–Kier alpha value is -1.40. The average Bonchev–Trinajstić information content (AvgIpc) is 2.65. The van der Waals surface area contributed by atoms with Gasteiger partial charge in [-0.15, -0.1) is 0 Å². The summed E-state index contributed by atoms with van der Waals surface area (Å²) >= 11 is 6.73. The van der Waals surface area contributed by atoms with Crippen LogP contribution in [0.1, 0.15) is 0 Å². The van der Waals surface area contributed by atoms with E-state index in [1.165, 1.54) is 19.2 Å². The van der Waals surface area contributed by atoms with Gasteiger partial charge >= 0.3 is 0 Å². The predicted octanol–water partition coefficient (Wildman–Crippen LogP) is 3.08. The van der Waals surface area contributed by atoms with Gasteiger partial charge < -0.3 is 10.1 Å². The van der Waals surface area contributed by atoms with Gasteiger partial charge in [0, 0.05) is 11.8 Å². The molecule has 2 rings (SSSR count). The molecule has 0 atom stereocenters. The molecule has 0 saturated carbocycles. The van der Waals surface area contributed by atoms with Crippen molar-refractivity contribution in [2.45, 2.75) is 0 Å². The zero-order valence-electron chi connectivity index (χ0n) is 8.20. The maximum atomic E-state index is 13.3. The molecule has 0 aliphatic heterocycles. The van der Waals surface area contributed by atoms with Crippen LogP contribution in [-0.2, 0) is 0 Å². The van der Waals surface area contributed by atoms with Crippen LogP contribution in [0.2, 0.25) is 5.15 Å². The second-order valence-electron chi connectivity index (χ2n) is 2.88. The minimum absolute atomic E-state index is 0.188. The van der Waals surface area contributed by atoms with Crippen LogP contribution in [0, 0.1) is 5.82 Å². The maximum absolute atomic E-state index is 13.3. The monoisotopic (exact) mass is 259 g/mol. The molecule has 1 aromatic heterocycles. The highest BCUT2D eigenvalue weighted by atomic mass is 35.5. The lowest BCUT2D eigenvalue weighted by Gasteiger charge is -2.05. The SMILES string of the molecule is COc1ccc(Nc2nsnc2Cl)cc1F. The van der Waals surface area contributed by atoms with E-state index in [-0.39, 0.29) is 10.9 Å². The first-order valence-corrected chi connectivity index (χ1v) is 5.40. The van der Waals surface area contributed by atoms with Crippen molar-refractivity contribution < 1.29 is 9.13 Å². The maximum Gasteiger partial charge on any atom is 0.187 e. The third kappa shape index (κ3) is 2.23. The van der Waals surface area contributed by atoms with Crippen molar-refractivity contribution in [2.24, 2.45) is 0 Å². The third-order valence-electron chi connectivity index (χ3n) is 1.86. The van der Waals surface area contributed by atoms with E-state index in [1.54, 1.807) is 6.07 Å². The molecule has 0 aliphatic rings. The van der Waals surface area contributed by atoms with Gasteiger partial charge in [-0.1, -0.05) is 11.6 Å². The number of nitrogens with one attached hydrogen (secondary N) is 1. The third-order valence-corrected chi connectivity index (χ3v) is 2.76. The molecule has 0 saturated heterocycles. The molecule has 4 nitrogen and oxygen atoms in total. The molecular weight excluding hydrogens is 253 g/mol. The van der Waals surface area contributed by atoms with Crippen molar-refractivity contribution in [3.63, 3.8) is 0 Å². The number of hydrogen-bond donors (Lipinski definition) is 1. The first-order chi connectivity index (χ1) is 7.70. The molecule has 0 unspecified atom stereocenters. The minimum Gasteiger partial charge on any atom is -0.494 e. The van der Waals surface area contributed by atoms with Crippen LogP contribution in [0.3, 0.4) is 0 Å². The van der Waals surface area contributed by atoms with Gasteiger partial charge in [-0.2, -0.15) is 8.75 Å². The van der Waals surface area contributed by atoms with Gasteiger partial charge in [0.2, 0.25) is 0 Å². The average molecular weight is 260 g/mol. The van der Waals surface area contributed by atoms with Gasteiger partial charge in [0.05, 0.1) is 18.8 Å². The Balaban J connectivity index is 2.23. The highest BCUT2D eigenvalue weighted by Crippen LogP contribution is 2.26. The quantitative estimate of drug-likeness (QED) is 0.920. The first kappa shape index (κ1) is 11.1. The lowest BCUT2D eigenvalue weighted by Crippen LogP contribution is -1.93. The lowest BCUT2D eigenvalue weighted by molar-refractivity contribution is 0.386. The number of aromatic nitrogens is 2. The fraction of sp³-hybridized carbons (Fsp3) is 0.111. The van der Waals surface area contributed by atoms with E-state index in [0.717, 1.165) is 11.7 Å². The largest absolute Gasteiger partial charge is 0.494 e. The second-order valence-corrected chi connectivity index (χ2v) is 3.76. The zero-order chi connectivity index (χ0) is 11.5. The molecule has 2 aromatic rings. The molecule has 0 aliphatic carbocycles. The van der Waals surface area contributed by atoms with Gasteiger partial charge in [-0.05, 0) is 12.1 Å². The Labute approximate surface area is 100 Å². The minimum atomic E-state index is -0.452. The van der Waals surface area contributed by atoms with Crippen LogP contribution in [0.25, 0.3) is 0 Å². The van der Waals surface area contributed by atoms with E-state index in [9.17, 15) is 4.39 Å². The first-order valence-electron chi connectivity index (χ1n) is 4.29. The lowest BCUT2D eigenvalue weighted by atomic mass is 10.3. The Morgan fingerprint density at radius 1 is 1.44 bits per heavy atom. The van der Waals surface area contributed by atoms with Crippen LogP contribution in [0.15, 0.2) is 18.2 Å². The molecule has 0 spiro atoms. The van der Waals surface area contributed by atoms with Crippen molar-refractivity contribution in [1.82, 2.24) is 8.75 Å². The molecule has 0 bridgehead atoms. The smallest absolute Gasteiger partial charge is 0.187 e. The number of ether oxygens (including phenoxy) is 1. The summed E-state index contributed by atoms with van der Waals surface area (Å²) in [6, 6.07) is 4.48. The summed E-state index contributed by atoms with van der Waals surface area (Å²) in [4.78, 5) is 0. The van der Waals surface area contributed by atoms with Crippen molar-refractivity contribution in [3.05, 3.63) is 29.2 Å². The number of benzene rings is 1.